The molecule has 1 aliphatic rings. The molecule has 48 heavy (non-hydrogen) atoms. The third-order valence-electron chi connectivity index (χ3n) is 9.26. The largest absolute Gasteiger partial charge is 0.493 e. The Morgan fingerprint density at radius 1 is 1.00 bits per heavy atom. The van der Waals surface area contributed by atoms with E-state index in [1.807, 2.05) is 61.6 Å². The molecular weight excluding hydrogens is 669 g/mol. The Morgan fingerprint density at radius 2 is 1.79 bits per heavy atom. The zero-order valence-electron chi connectivity index (χ0n) is 27.3. The maximum atomic E-state index is 14.3. The third kappa shape index (κ3) is 5.75. The van der Waals surface area contributed by atoms with E-state index < -0.39 is 5.97 Å². The predicted molar refractivity (Wildman–Crippen MR) is 192 cm³/mol. The van der Waals surface area contributed by atoms with E-state index in [2.05, 4.69) is 6.07 Å². The van der Waals surface area contributed by atoms with E-state index in [0.29, 0.717) is 41.1 Å². The average Bonchev–Trinajstić information content (AvgIpc) is 3.65. The van der Waals surface area contributed by atoms with Crippen LogP contribution in [-0.4, -0.2) is 41.8 Å². The second kappa shape index (κ2) is 12.8. The summed E-state index contributed by atoms with van der Waals surface area (Å²) in [6, 6.07) is 14.6. The highest BCUT2D eigenvalue weighted by atomic mass is 35.5. The van der Waals surface area contributed by atoms with Gasteiger partial charge in [-0.05, 0) is 72.7 Å². The molecule has 0 saturated carbocycles. The Morgan fingerprint density at radius 3 is 2.58 bits per heavy atom. The summed E-state index contributed by atoms with van der Waals surface area (Å²) in [7, 11) is 5.67. The van der Waals surface area contributed by atoms with Gasteiger partial charge in [0.2, 0.25) is 0 Å². The van der Waals surface area contributed by atoms with Crippen molar-refractivity contribution in [2.45, 2.75) is 48.3 Å². The van der Waals surface area contributed by atoms with Crippen LogP contribution in [0.25, 0.3) is 32.8 Å². The molecule has 0 spiro atoms. The summed E-state index contributed by atoms with van der Waals surface area (Å²) >= 11 is 10.4. The molecule has 6 aromatic rings. The first-order valence-corrected chi connectivity index (χ1v) is 18.2. The molecule has 248 valence electrons. The Bertz CT molecular complexity index is 2240. The van der Waals surface area contributed by atoms with E-state index in [9.17, 15) is 14.3 Å². The average molecular weight is 704 g/mol. The van der Waals surface area contributed by atoms with Crippen molar-refractivity contribution in [3.05, 3.63) is 93.4 Å². The number of halogens is 2. The Balaban J connectivity index is 1.38. The topological polar surface area (TPSA) is 87.1 Å². The van der Waals surface area contributed by atoms with Gasteiger partial charge in [0.05, 0.1) is 28.5 Å². The maximum Gasteiger partial charge on any atom is 0.352 e. The molecule has 0 unspecified atom stereocenters. The van der Waals surface area contributed by atoms with Crippen LogP contribution in [0.15, 0.2) is 53.4 Å². The van der Waals surface area contributed by atoms with Crippen LogP contribution in [0.1, 0.15) is 58.1 Å². The molecule has 12 heteroatoms. The summed E-state index contributed by atoms with van der Waals surface area (Å²) in [5, 5.41) is 23.2. The van der Waals surface area contributed by atoms with Gasteiger partial charge in [-0.1, -0.05) is 24.6 Å². The van der Waals surface area contributed by atoms with Crippen molar-refractivity contribution in [2.24, 2.45) is 21.1 Å². The van der Waals surface area contributed by atoms with Crippen LogP contribution in [0.2, 0.25) is 5.02 Å². The first-order chi connectivity index (χ1) is 23.0. The fraction of sp³-hybridized carbons (Fsp3) is 0.306. The number of aromatic carboxylic acids is 1. The summed E-state index contributed by atoms with van der Waals surface area (Å²) in [6.07, 6.45) is 0.559. The Kier molecular flexibility index (Phi) is 8.72. The number of aryl methyl sites for hydroxylation is 3. The van der Waals surface area contributed by atoms with Crippen LogP contribution in [0.5, 0.6) is 5.75 Å². The number of carbonyl (C=O) groups is 1. The first kappa shape index (κ1) is 32.6. The molecule has 0 amide bonds. The number of ether oxygens (including phenoxy) is 1. The number of thioether (sulfide) groups is 2. The number of aromatic nitrogens is 5. The number of hydrogen-bond donors (Lipinski definition) is 1. The molecule has 8 bridgehead atoms. The fourth-order valence-corrected chi connectivity index (χ4v) is 8.89. The second-order valence-corrected chi connectivity index (χ2v) is 14.8. The molecule has 0 saturated heterocycles. The molecule has 3 aromatic carbocycles. The molecule has 0 radical (unpaired) electrons. The highest BCUT2D eigenvalue weighted by Gasteiger charge is 2.29. The molecule has 7 rings (SSSR count). The van der Waals surface area contributed by atoms with E-state index in [1.54, 1.807) is 41.2 Å². The van der Waals surface area contributed by atoms with Crippen molar-refractivity contribution >= 4 is 62.8 Å². The predicted octanol–water partition coefficient (Wildman–Crippen LogP) is 8.88. The number of rotatable bonds is 1. The van der Waals surface area contributed by atoms with E-state index in [1.165, 1.54) is 12.1 Å². The lowest BCUT2D eigenvalue weighted by Gasteiger charge is -2.16. The lowest BCUT2D eigenvalue weighted by Crippen LogP contribution is -2.11. The lowest BCUT2D eigenvalue weighted by molar-refractivity contribution is 0.0685. The zero-order valence-corrected chi connectivity index (χ0v) is 29.7. The van der Waals surface area contributed by atoms with Crippen LogP contribution < -0.4 is 4.74 Å². The first-order valence-electron chi connectivity index (χ1n) is 15.7. The summed E-state index contributed by atoms with van der Waals surface area (Å²) < 4.78 is 26.3. The number of nitrogens with zero attached hydrogens (tertiary/aromatic N) is 5. The summed E-state index contributed by atoms with van der Waals surface area (Å²) in [6.45, 7) is 4.39. The molecule has 1 atom stereocenters. The van der Waals surface area contributed by atoms with Gasteiger partial charge in [0.1, 0.15) is 17.3 Å². The molecule has 1 aliphatic heterocycles. The van der Waals surface area contributed by atoms with Gasteiger partial charge in [0, 0.05) is 76.6 Å². The molecule has 4 heterocycles. The third-order valence-corrected chi connectivity index (χ3v) is 11.6. The quantitative estimate of drug-likeness (QED) is 0.183. The molecule has 1 N–H and O–H groups in total. The zero-order chi connectivity index (χ0) is 33.9. The van der Waals surface area contributed by atoms with Crippen LogP contribution in [0.4, 0.5) is 4.39 Å². The van der Waals surface area contributed by atoms with Gasteiger partial charge >= 0.3 is 5.97 Å². The minimum atomic E-state index is -1.00. The summed E-state index contributed by atoms with van der Waals surface area (Å²) in [5.74, 6) is 1.20. The van der Waals surface area contributed by atoms with Crippen molar-refractivity contribution in [1.29, 1.82) is 0 Å². The lowest BCUT2D eigenvalue weighted by atomic mass is 9.93. The number of fused-ring (bicyclic) bond motifs is 8. The van der Waals surface area contributed by atoms with Gasteiger partial charge in [-0.3, -0.25) is 9.36 Å². The van der Waals surface area contributed by atoms with Crippen molar-refractivity contribution in [3.63, 3.8) is 0 Å². The number of benzene rings is 3. The molecule has 0 fully saturated rings. The number of hydrogen-bond acceptors (Lipinski definition) is 6. The minimum absolute atomic E-state index is 0.159. The van der Waals surface area contributed by atoms with Gasteiger partial charge in [-0.25, -0.2) is 9.18 Å². The Labute approximate surface area is 291 Å². The van der Waals surface area contributed by atoms with Gasteiger partial charge in [0.25, 0.3) is 0 Å². The molecule has 3 aromatic heterocycles. The van der Waals surface area contributed by atoms with Gasteiger partial charge in [-0.2, -0.15) is 10.2 Å². The van der Waals surface area contributed by atoms with E-state index >= 15 is 0 Å². The second-order valence-electron chi connectivity index (χ2n) is 12.3. The minimum Gasteiger partial charge on any atom is -0.493 e. The molecular formula is C36H35ClFN5O3S2. The van der Waals surface area contributed by atoms with Crippen LogP contribution in [0.3, 0.4) is 0 Å². The maximum absolute atomic E-state index is 14.3. The molecule has 0 aliphatic carbocycles. The number of carboxylic acids is 1. The highest BCUT2D eigenvalue weighted by Crippen LogP contribution is 2.44. The van der Waals surface area contributed by atoms with Crippen LogP contribution >= 0.6 is 35.1 Å². The van der Waals surface area contributed by atoms with Gasteiger partial charge in [-0.15, -0.1) is 23.5 Å². The van der Waals surface area contributed by atoms with Crippen LogP contribution in [-0.2, 0) is 38.4 Å². The van der Waals surface area contributed by atoms with Crippen LogP contribution in [0, 0.1) is 12.7 Å². The van der Waals surface area contributed by atoms with Crippen molar-refractivity contribution in [2.75, 3.05) is 6.61 Å². The summed E-state index contributed by atoms with van der Waals surface area (Å²) in [5.41, 5.74) is 7.33. The van der Waals surface area contributed by atoms with Gasteiger partial charge in [0.15, 0.2) is 0 Å². The van der Waals surface area contributed by atoms with Gasteiger partial charge < -0.3 is 14.4 Å². The van der Waals surface area contributed by atoms with Crippen molar-refractivity contribution in [3.8, 4) is 16.9 Å². The van der Waals surface area contributed by atoms with Crippen molar-refractivity contribution in [1.82, 2.24) is 24.1 Å². The standard InChI is InChI=1S/C36H35ClFN5O3S2/c1-19-10-11-46-30-15-25(13-21-12-22(38)6-7-26(21)30)48-17-24-14-23(39-43(24)5)16-47-18-29-32(20(2)42(4)40-29)33-28(37)9-8-27-31(19)35(36(44)45)41(3)34(27)33/h6-9,12-15,19H,10-11,16-18H2,1-5H3,(H,44,45)/t19-/m1/s1. The highest BCUT2D eigenvalue weighted by molar-refractivity contribution is 7.98. The fourth-order valence-electron chi connectivity index (χ4n) is 6.81. The smallest absolute Gasteiger partial charge is 0.352 e. The van der Waals surface area contributed by atoms with E-state index in [4.69, 9.17) is 26.5 Å². The Hall–Kier alpha value is -3.93. The SMILES string of the molecule is Cc1c2c(nn1C)CSCc1cc(n(C)n1)CSc1cc(c3ccc(F)cc3c1)OCC[C@@H](C)c1c(C(=O)O)n(C)c3c-2c(Cl)ccc13. The molecule has 8 nitrogen and oxygen atoms in total. The van der Waals surface area contributed by atoms with Crippen molar-refractivity contribution < 1.29 is 19.0 Å². The number of carboxylic acid groups (broad SMARTS) is 1. The van der Waals surface area contributed by atoms with E-state index in [-0.39, 0.29) is 17.4 Å². The normalized spacial score (nSPS) is 15.8. The van der Waals surface area contributed by atoms with E-state index in [0.717, 1.165) is 66.0 Å². The summed E-state index contributed by atoms with van der Waals surface area (Å²) in [4.78, 5) is 13.8. The monoisotopic (exact) mass is 703 g/mol.